The predicted molar refractivity (Wildman–Crippen MR) is 124 cm³/mol. The number of halogens is 1. The maximum Gasteiger partial charge on any atom is 0.331 e. The molecule has 4 rings (SSSR count). The third-order valence-electron chi connectivity index (χ3n) is 5.24. The van der Waals surface area contributed by atoms with E-state index in [0.717, 1.165) is 11.1 Å². The molecule has 1 atom stereocenters. The number of benzene rings is 1. The lowest BCUT2D eigenvalue weighted by atomic mass is 10.0. The Hall–Kier alpha value is -3.01. The van der Waals surface area contributed by atoms with Gasteiger partial charge in [-0.15, -0.1) is 11.3 Å². The lowest BCUT2D eigenvalue weighted by molar-refractivity contribution is -0.148. The van der Waals surface area contributed by atoms with Crippen molar-refractivity contribution in [2.24, 2.45) is 0 Å². The number of hydrogen-bond acceptors (Lipinski definition) is 9. The fourth-order valence-corrected chi connectivity index (χ4v) is 4.82. The number of methoxy groups -OCH3 is 2. The van der Waals surface area contributed by atoms with Crippen LogP contribution in [0.15, 0.2) is 36.5 Å². The van der Waals surface area contributed by atoms with Crippen molar-refractivity contribution in [2.45, 2.75) is 26.1 Å². The number of fused-ring (bicyclic) bond motifs is 1. The average molecular weight is 488 g/mol. The molecular weight excluding hydrogens is 466 g/mol. The zero-order chi connectivity index (χ0) is 23.5. The van der Waals surface area contributed by atoms with Crippen LogP contribution in [0.3, 0.4) is 0 Å². The summed E-state index contributed by atoms with van der Waals surface area (Å²) in [5.41, 5.74) is 2.17. The summed E-state index contributed by atoms with van der Waals surface area (Å²) < 4.78 is 16.0. The van der Waals surface area contributed by atoms with Crippen LogP contribution in [-0.2, 0) is 22.6 Å². The van der Waals surface area contributed by atoms with Gasteiger partial charge >= 0.3 is 5.97 Å². The molecule has 0 amide bonds. The molecule has 0 bridgehead atoms. The molecule has 33 heavy (non-hydrogen) atoms. The van der Waals surface area contributed by atoms with E-state index in [1.165, 1.54) is 11.3 Å². The standard InChI is InChI=1S/C23H22ClN3O5S/c1-4-32-23(29)19-20(28)21-16(26-22(33-21)13-6-8-18(24)25-10-13)12-27(19)11-14-5-7-15(30-2)9-17(14)31-3/h5-10,19H,4,11-12H2,1-3H3. The number of pyridine rings is 1. The van der Waals surface area contributed by atoms with Crippen LogP contribution in [0, 0.1) is 0 Å². The van der Waals surface area contributed by atoms with E-state index in [2.05, 4.69) is 9.97 Å². The molecule has 2 aromatic heterocycles. The van der Waals surface area contributed by atoms with Crippen molar-refractivity contribution in [3.8, 4) is 22.1 Å². The third-order valence-corrected chi connectivity index (χ3v) is 6.62. The van der Waals surface area contributed by atoms with E-state index in [1.807, 2.05) is 12.1 Å². The van der Waals surface area contributed by atoms with Crippen molar-refractivity contribution in [1.82, 2.24) is 14.9 Å². The van der Waals surface area contributed by atoms with Gasteiger partial charge in [0, 0.05) is 36.5 Å². The Bertz CT molecular complexity index is 1180. The number of rotatable bonds is 7. The number of carbonyl (C=O) groups is 2. The fraction of sp³-hybridized carbons (Fsp3) is 0.304. The van der Waals surface area contributed by atoms with Gasteiger partial charge in [0.1, 0.15) is 21.7 Å². The number of nitrogens with zero attached hydrogens (tertiary/aromatic N) is 3. The lowest BCUT2D eigenvalue weighted by Gasteiger charge is -2.32. The molecule has 0 saturated carbocycles. The summed E-state index contributed by atoms with van der Waals surface area (Å²) >= 11 is 7.13. The molecule has 8 nitrogen and oxygen atoms in total. The SMILES string of the molecule is CCOC(=O)C1C(=O)c2sc(-c3ccc(Cl)nc3)nc2CN1Cc1ccc(OC)cc1OC. The van der Waals surface area contributed by atoms with Gasteiger partial charge in [-0.25, -0.2) is 14.8 Å². The molecule has 1 aromatic carbocycles. The van der Waals surface area contributed by atoms with Crippen molar-refractivity contribution in [3.63, 3.8) is 0 Å². The second-order valence-electron chi connectivity index (χ2n) is 7.27. The Morgan fingerprint density at radius 1 is 1.24 bits per heavy atom. The number of ether oxygens (including phenoxy) is 3. The quantitative estimate of drug-likeness (QED) is 0.280. The van der Waals surface area contributed by atoms with Crippen LogP contribution in [0.1, 0.15) is 27.9 Å². The number of hydrogen-bond donors (Lipinski definition) is 0. The Morgan fingerprint density at radius 2 is 2.06 bits per heavy atom. The van der Waals surface area contributed by atoms with Gasteiger partial charge in [-0.2, -0.15) is 0 Å². The number of ketones is 1. The molecule has 1 aliphatic rings. The first kappa shape index (κ1) is 23.2. The summed E-state index contributed by atoms with van der Waals surface area (Å²) in [5, 5.41) is 1.02. The maximum atomic E-state index is 13.4. The molecule has 1 aliphatic heterocycles. The lowest BCUT2D eigenvalue weighted by Crippen LogP contribution is -2.49. The summed E-state index contributed by atoms with van der Waals surface area (Å²) in [6.07, 6.45) is 1.61. The van der Waals surface area contributed by atoms with Crippen LogP contribution in [-0.4, -0.2) is 53.5 Å². The fourth-order valence-electron chi connectivity index (χ4n) is 3.68. The number of carbonyl (C=O) groups excluding carboxylic acids is 2. The van der Waals surface area contributed by atoms with Gasteiger partial charge in [0.2, 0.25) is 5.78 Å². The zero-order valence-electron chi connectivity index (χ0n) is 18.3. The van der Waals surface area contributed by atoms with Crippen molar-refractivity contribution in [3.05, 3.63) is 57.8 Å². The second kappa shape index (κ2) is 9.86. The maximum absolute atomic E-state index is 13.4. The summed E-state index contributed by atoms with van der Waals surface area (Å²) in [6.45, 7) is 2.49. The van der Waals surface area contributed by atoms with Gasteiger partial charge in [0.05, 0.1) is 31.4 Å². The van der Waals surface area contributed by atoms with Crippen LogP contribution in [0.25, 0.3) is 10.6 Å². The number of Topliss-reactive ketones (excluding diaryl/α,β-unsaturated/α-hetero) is 1. The van der Waals surface area contributed by atoms with Crippen molar-refractivity contribution in [1.29, 1.82) is 0 Å². The van der Waals surface area contributed by atoms with Gasteiger partial charge in [-0.1, -0.05) is 17.7 Å². The summed E-state index contributed by atoms with van der Waals surface area (Å²) in [7, 11) is 3.14. The van der Waals surface area contributed by atoms with Crippen molar-refractivity contribution < 1.29 is 23.8 Å². The minimum absolute atomic E-state index is 0.180. The van der Waals surface area contributed by atoms with Crippen LogP contribution in [0.4, 0.5) is 0 Å². The predicted octanol–water partition coefficient (Wildman–Crippen LogP) is 4.01. The van der Waals surface area contributed by atoms with E-state index in [1.54, 1.807) is 50.4 Å². The molecule has 0 aliphatic carbocycles. The highest BCUT2D eigenvalue weighted by molar-refractivity contribution is 7.17. The molecule has 0 saturated heterocycles. The first-order valence-corrected chi connectivity index (χ1v) is 11.4. The van der Waals surface area contributed by atoms with Gasteiger partial charge < -0.3 is 14.2 Å². The molecule has 10 heteroatoms. The zero-order valence-corrected chi connectivity index (χ0v) is 19.9. The first-order valence-electron chi connectivity index (χ1n) is 10.2. The normalized spacial score (nSPS) is 15.8. The summed E-state index contributed by atoms with van der Waals surface area (Å²) in [6, 6.07) is 7.82. The molecular formula is C23H22ClN3O5S. The topological polar surface area (TPSA) is 90.9 Å². The Kier molecular flexibility index (Phi) is 6.92. The van der Waals surface area contributed by atoms with E-state index < -0.39 is 12.0 Å². The highest BCUT2D eigenvalue weighted by atomic mass is 35.5. The Morgan fingerprint density at radius 3 is 2.73 bits per heavy atom. The van der Waals surface area contributed by atoms with Crippen LogP contribution < -0.4 is 9.47 Å². The van der Waals surface area contributed by atoms with Gasteiger partial charge in [0.25, 0.3) is 0 Å². The second-order valence-corrected chi connectivity index (χ2v) is 8.65. The number of thiazole rings is 1. The largest absolute Gasteiger partial charge is 0.497 e. The monoisotopic (exact) mass is 487 g/mol. The molecule has 0 radical (unpaired) electrons. The van der Waals surface area contributed by atoms with E-state index in [9.17, 15) is 9.59 Å². The minimum atomic E-state index is -1.07. The summed E-state index contributed by atoms with van der Waals surface area (Å²) in [5.74, 6) is 0.341. The first-order chi connectivity index (χ1) is 15.9. The number of aromatic nitrogens is 2. The molecule has 3 aromatic rings. The minimum Gasteiger partial charge on any atom is -0.497 e. The molecule has 3 heterocycles. The van der Waals surface area contributed by atoms with E-state index in [0.29, 0.717) is 38.8 Å². The average Bonchev–Trinajstić information content (AvgIpc) is 3.24. The third kappa shape index (κ3) is 4.71. The molecule has 0 N–H and O–H groups in total. The van der Waals surface area contributed by atoms with E-state index in [-0.39, 0.29) is 18.9 Å². The van der Waals surface area contributed by atoms with E-state index >= 15 is 0 Å². The molecule has 172 valence electrons. The van der Waals surface area contributed by atoms with Crippen molar-refractivity contribution >= 4 is 34.7 Å². The molecule has 1 unspecified atom stereocenters. The summed E-state index contributed by atoms with van der Waals surface area (Å²) in [4.78, 5) is 37.2. The van der Waals surface area contributed by atoms with Crippen LogP contribution in [0.2, 0.25) is 5.15 Å². The van der Waals surface area contributed by atoms with Gasteiger partial charge in [-0.3, -0.25) is 9.69 Å². The highest BCUT2D eigenvalue weighted by Gasteiger charge is 2.42. The molecule has 0 spiro atoms. The van der Waals surface area contributed by atoms with Crippen molar-refractivity contribution in [2.75, 3.05) is 20.8 Å². The smallest absolute Gasteiger partial charge is 0.331 e. The van der Waals surface area contributed by atoms with E-state index in [4.69, 9.17) is 25.8 Å². The van der Waals surface area contributed by atoms with Crippen LogP contribution in [0.5, 0.6) is 11.5 Å². The Labute approximate surface area is 200 Å². The highest BCUT2D eigenvalue weighted by Crippen LogP contribution is 2.35. The van der Waals surface area contributed by atoms with Crippen LogP contribution >= 0.6 is 22.9 Å². The molecule has 0 fully saturated rings. The van der Waals surface area contributed by atoms with Gasteiger partial charge in [0.15, 0.2) is 6.04 Å². The Balaban J connectivity index is 1.70. The van der Waals surface area contributed by atoms with Gasteiger partial charge in [-0.05, 0) is 25.1 Å². The number of esters is 1.